The first kappa shape index (κ1) is 23.9. The van der Waals surface area contributed by atoms with Crippen molar-refractivity contribution in [2.75, 3.05) is 0 Å². The molecule has 0 radical (unpaired) electrons. The molecule has 0 spiro atoms. The fraction of sp³-hybridized carbons (Fsp3) is 0.520. The molecule has 0 saturated heterocycles. The van der Waals surface area contributed by atoms with Gasteiger partial charge in [0.1, 0.15) is 6.10 Å². The van der Waals surface area contributed by atoms with Crippen molar-refractivity contribution < 1.29 is 17.8 Å². The molecule has 0 fully saturated rings. The Labute approximate surface area is 186 Å². The van der Waals surface area contributed by atoms with E-state index in [4.69, 9.17) is 4.18 Å². The van der Waals surface area contributed by atoms with E-state index in [1.54, 1.807) is 18.3 Å². The topological polar surface area (TPSA) is 39.2 Å². The lowest BCUT2D eigenvalue weighted by molar-refractivity contribution is 0.0954. The van der Waals surface area contributed by atoms with Gasteiger partial charge < -0.3 is 4.18 Å². The van der Waals surface area contributed by atoms with Gasteiger partial charge in [0.15, 0.2) is 17.4 Å². The van der Waals surface area contributed by atoms with Gasteiger partial charge in [0.05, 0.1) is 11.6 Å². The summed E-state index contributed by atoms with van der Waals surface area (Å²) in [4.78, 5) is 18.0. The first-order chi connectivity index (χ1) is 14.6. The molecular formula is C25H33F2NO2S. The van der Waals surface area contributed by atoms with E-state index >= 15 is 0 Å². The van der Waals surface area contributed by atoms with E-state index in [1.807, 2.05) is 0 Å². The smallest absolute Gasteiger partial charge is 0.172 e. The number of Topliss-reactive ketones (excluding diaryl/α,β-unsaturated/α-hetero) is 1. The summed E-state index contributed by atoms with van der Waals surface area (Å²) in [6.07, 6.45) is 2.22. The minimum atomic E-state index is -1.50. The van der Waals surface area contributed by atoms with Gasteiger partial charge in [-0.3, -0.25) is 9.78 Å². The molecule has 0 saturated carbocycles. The molecular weight excluding hydrogens is 416 g/mol. The minimum Gasteiger partial charge on any atom is -0.326 e. The second kappa shape index (κ2) is 9.37. The standard InChI is InChI=1S/C25H33F2NO2S/c1-15(2)31(16(3)4,17(5)6)30-22-13-12-19(18-9-7-11-21(26)23(18)27)25(29)20-10-8-14-28-24(20)22/h7-11,14-17,19,22H,12-13H2,1-6H3/t19?,22-/m1/s1. The largest absolute Gasteiger partial charge is 0.326 e. The number of carbonyl (C=O) groups is 1. The molecule has 1 unspecified atom stereocenters. The summed E-state index contributed by atoms with van der Waals surface area (Å²) in [7, 11) is -1.50. The molecule has 1 aromatic carbocycles. The van der Waals surface area contributed by atoms with E-state index in [1.165, 1.54) is 12.1 Å². The fourth-order valence-electron chi connectivity index (χ4n) is 5.00. The molecule has 3 rings (SSSR count). The summed E-state index contributed by atoms with van der Waals surface area (Å²) < 4.78 is 35.4. The first-order valence-corrected chi connectivity index (χ1v) is 12.8. The van der Waals surface area contributed by atoms with Crippen LogP contribution in [0.5, 0.6) is 0 Å². The number of halogens is 2. The molecule has 3 nitrogen and oxygen atoms in total. The van der Waals surface area contributed by atoms with E-state index in [9.17, 15) is 13.6 Å². The zero-order valence-corrected chi connectivity index (χ0v) is 20.0. The third kappa shape index (κ3) is 4.29. The molecule has 0 amide bonds. The zero-order valence-electron chi connectivity index (χ0n) is 19.2. The van der Waals surface area contributed by atoms with Crippen LogP contribution in [-0.4, -0.2) is 26.5 Å². The molecule has 170 valence electrons. The van der Waals surface area contributed by atoms with Crippen molar-refractivity contribution in [2.24, 2.45) is 0 Å². The highest BCUT2D eigenvalue weighted by atomic mass is 32.3. The van der Waals surface area contributed by atoms with Crippen LogP contribution >= 0.6 is 10.3 Å². The summed E-state index contributed by atoms with van der Waals surface area (Å²) in [6.45, 7) is 13.2. The Morgan fingerprint density at radius 3 is 2.23 bits per heavy atom. The molecule has 0 bridgehead atoms. The van der Waals surface area contributed by atoms with Crippen LogP contribution in [0.25, 0.3) is 0 Å². The van der Waals surface area contributed by atoms with Crippen LogP contribution in [0.4, 0.5) is 8.78 Å². The molecule has 1 heterocycles. The number of rotatable bonds is 6. The zero-order chi connectivity index (χ0) is 22.9. The molecule has 6 heteroatoms. The summed E-state index contributed by atoms with van der Waals surface area (Å²) in [5, 5.41) is 0.986. The van der Waals surface area contributed by atoms with Crippen molar-refractivity contribution in [2.45, 2.75) is 82.2 Å². The summed E-state index contributed by atoms with van der Waals surface area (Å²) in [5.41, 5.74) is 1.17. The molecule has 0 N–H and O–H groups in total. The first-order valence-electron chi connectivity index (χ1n) is 11.0. The highest BCUT2D eigenvalue weighted by Gasteiger charge is 2.41. The highest BCUT2D eigenvalue weighted by Crippen LogP contribution is 2.64. The average molecular weight is 450 g/mol. The summed E-state index contributed by atoms with van der Waals surface area (Å²) >= 11 is 0. The van der Waals surface area contributed by atoms with Crippen molar-refractivity contribution >= 4 is 16.1 Å². The van der Waals surface area contributed by atoms with Crippen LogP contribution in [0.3, 0.4) is 0 Å². The molecule has 2 atom stereocenters. The van der Waals surface area contributed by atoms with E-state index in [2.05, 4.69) is 46.5 Å². The number of pyridine rings is 1. The van der Waals surface area contributed by atoms with Crippen LogP contribution in [0.1, 0.15) is 88.0 Å². The van der Waals surface area contributed by atoms with Crippen LogP contribution < -0.4 is 0 Å². The molecule has 0 aliphatic heterocycles. The Kier molecular flexibility index (Phi) is 7.21. The number of hydrogen-bond acceptors (Lipinski definition) is 3. The maximum Gasteiger partial charge on any atom is 0.172 e. The third-order valence-electron chi connectivity index (χ3n) is 6.29. The van der Waals surface area contributed by atoms with Gasteiger partial charge in [0, 0.05) is 33.1 Å². The minimum absolute atomic E-state index is 0.107. The Morgan fingerprint density at radius 1 is 0.968 bits per heavy atom. The number of nitrogens with zero attached hydrogens (tertiary/aromatic N) is 1. The maximum absolute atomic E-state index is 14.6. The van der Waals surface area contributed by atoms with Gasteiger partial charge in [-0.1, -0.05) is 53.7 Å². The number of aromatic nitrogens is 1. The van der Waals surface area contributed by atoms with Gasteiger partial charge in [0.25, 0.3) is 0 Å². The third-order valence-corrected chi connectivity index (χ3v) is 11.3. The van der Waals surface area contributed by atoms with Crippen LogP contribution in [0.2, 0.25) is 0 Å². The number of benzene rings is 1. The number of ketones is 1. The quantitative estimate of drug-likeness (QED) is 0.441. The van der Waals surface area contributed by atoms with Gasteiger partial charge in [-0.25, -0.2) is 8.78 Å². The van der Waals surface area contributed by atoms with Crippen molar-refractivity contribution in [1.29, 1.82) is 0 Å². The van der Waals surface area contributed by atoms with Crippen molar-refractivity contribution in [3.05, 3.63) is 65.0 Å². The lowest BCUT2D eigenvalue weighted by Crippen LogP contribution is -2.32. The van der Waals surface area contributed by atoms with E-state index < -0.39 is 27.9 Å². The van der Waals surface area contributed by atoms with Gasteiger partial charge in [-0.05, 0) is 31.0 Å². The molecule has 1 aliphatic rings. The average Bonchev–Trinajstić information content (AvgIpc) is 2.84. The second-order valence-electron chi connectivity index (χ2n) is 9.00. The van der Waals surface area contributed by atoms with E-state index in [0.717, 1.165) is 6.07 Å². The van der Waals surface area contributed by atoms with Crippen molar-refractivity contribution in [3.63, 3.8) is 0 Å². The van der Waals surface area contributed by atoms with Gasteiger partial charge in [0.2, 0.25) is 0 Å². The second-order valence-corrected chi connectivity index (χ2v) is 13.4. The number of fused-ring (bicyclic) bond motifs is 1. The lowest BCUT2D eigenvalue weighted by Gasteiger charge is -2.52. The van der Waals surface area contributed by atoms with Crippen LogP contribution in [0.15, 0.2) is 36.5 Å². The van der Waals surface area contributed by atoms with Gasteiger partial charge in [-0.15, -0.1) is 10.3 Å². The Bertz CT molecular complexity index is 923. The molecule has 1 aliphatic carbocycles. The Morgan fingerprint density at radius 2 is 1.61 bits per heavy atom. The van der Waals surface area contributed by atoms with Crippen LogP contribution in [-0.2, 0) is 4.18 Å². The normalized spacial score (nSPS) is 20.3. The van der Waals surface area contributed by atoms with Gasteiger partial charge >= 0.3 is 0 Å². The summed E-state index contributed by atoms with van der Waals surface area (Å²) in [6, 6.07) is 7.48. The molecule has 1 aromatic heterocycles. The Hall–Kier alpha value is -1.79. The number of carbonyl (C=O) groups excluding carboxylic acids is 1. The summed E-state index contributed by atoms with van der Waals surface area (Å²) in [5.74, 6) is -2.86. The van der Waals surface area contributed by atoms with Gasteiger partial charge in [-0.2, -0.15) is 0 Å². The predicted octanol–water partition coefficient (Wildman–Crippen LogP) is 7.12. The fourth-order valence-corrected chi connectivity index (χ4v) is 9.53. The van der Waals surface area contributed by atoms with Crippen LogP contribution in [0, 0.1) is 11.6 Å². The number of hydrogen-bond donors (Lipinski definition) is 0. The van der Waals surface area contributed by atoms with Crippen molar-refractivity contribution in [1.82, 2.24) is 4.98 Å². The predicted molar refractivity (Wildman–Crippen MR) is 124 cm³/mol. The Balaban J connectivity index is 2.07. The SMILES string of the molecule is CC(C)S(O[C@@H]1CCC(c2cccc(F)c2F)C(=O)c2cccnc21)(C(C)C)C(C)C. The van der Waals surface area contributed by atoms with Crippen molar-refractivity contribution in [3.8, 4) is 0 Å². The van der Waals surface area contributed by atoms with E-state index in [-0.39, 0.29) is 17.5 Å². The van der Waals surface area contributed by atoms with E-state index in [0.29, 0.717) is 39.8 Å². The molecule has 2 aromatic rings. The lowest BCUT2D eigenvalue weighted by atomic mass is 9.88. The maximum atomic E-state index is 14.6. The highest BCUT2D eigenvalue weighted by molar-refractivity contribution is 8.31. The monoisotopic (exact) mass is 449 g/mol. The molecule has 31 heavy (non-hydrogen) atoms.